The number of carbonyl (C=O) groups is 1. The molecule has 29 heavy (non-hydrogen) atoms. The molecule has 2 aliphatic heterocycles. The number of aromatic amines is 1. The Morgan fingerprint density at radius 2 is 2.00 bits per heavy atom. The van der Waals surface area contributed by atoms with E-state index in [1.807, 2.05) is 30.6 Å². The van der Waals surface area contributed by atoms with Crippen LogP contribution < -0.4 is 15.5 Å². The van der Waals surface area contributed by atoms with Gasteiger partial charge >= 0.3 is 6.03 Å². The third-order valence-corrected chi connectivity index (χ3v) is 6.25. The summed E-state index contributed by atoms with van der Waals surface area (Å²) in [5.41, 5.74) is 8.87. The maximum atomic E-state index is 11.8. The van der Waals surface area contributed by atoms with Crippen LogP contribution in [0.15, 0.2) is 48.8 Å². The van der Waals surface area contributed by atoms with E-state index in [-0.39, 0.29) is 6.03 Å². The third kappa shape index (κ3) is 3.42. The van der Waals surface area contributed by atoms with E-state index in [2.05, 4.69) is 38.0 Å². The second-order valence-electron chi connectivity index (χ2n) is 7.93. The number of pyridine rings is 1. The minimum absolute atomic E-state index is 0.356. The first-order valence-corrected chi connectivity index (χ1v) is 10.3. The molecule has 3 aromatic rings. The zero-order valence-corrected chi connectivity index (χ0v) is 16.4. The summed E-state index contributed by atoms with van der Waals surface area (Å²) in [4.78, 5) is 26.2. The first-order chi connectivity index (χ1) is 14.2. The number of carbonyl (C=O) groups excluding carboxylic acids is 1. The van der Waals surface area contributed by atoms with Crippen LogP contribution in [-0.4, -0.2) is 60.2 Å². The number of hydrogen-bond donors (Lipinski definition) is 2. The lowest BCUT2D eigenvalue weighted by molar-refractivity contribution is 0.246. The van der Waals surface area contributed by atoms with Gasteiger partial charge < -0.3 is 15.6 Å². The van der Waals surface area contributed by atoms with Gasteiger partial charge in [-0.2, -0.15) is 0 Å². The van der Waals surface area contributed by atoms with Crippen molar-refractivity contribution in [3.8, 4) is 0 Å². The van der Waals surface area contributed by atoms with Crippen molar-refractivity contribution < 1.29 is 4.79 Å². The van der Waals surface area contributed by atoms with Gasteiger partial charge in [0.05, 0.1) is 11.7 Å². The van der Waals surface area contributed by atoms with E-state index >= 15 is 0 Å². The molecule has 0 bridgehead atoms. The van der Waals surface area contributed by atoms with E-state index in [0.717, 1.165) is 56.2 Å². The van der Waals surface area contributed by atoms with E-state index in [1.54, 1.807) is 4.90 Å². The number of fused-ring (bicyclic) bond motifs is 2. The van der Waals surface area contributed by atoms with Gasteiger partial charge in [-0.15, -0.1) is 0 Å². The van der Waals surface area contributed by atoms with Crippen molar-refractivity contribution in [3.05, 3.63) is 54.4 Å². The van der Waals surface area contributed by atoms with E-state index < -0.39 is 0 Å². The Morgan fingerprint density at radius 1 is 1.17 bits per heavy atom. The molecular formula is C22H26N6O. The zero-order valence-electron chi connectivity index (χ0n) is 16.4. The molecule has 1 saturated heterocycles. The van der Waals surface area contributed by atoms with Crippen molar-refractivity contribution in [2.45, 2.75) is 12.3 Å². The molecule has 2 aromatic heterocycles. The fourth-order valence-corrected chi connectivity index (χ4v) is 4.60. The molecule has 1 unspecified atom stereocenters. The van der Waals surface area contributed by atoms with Gasteiger partial charge in [0.1, 0.15) is 5.82 Å². The lowest BCUT2D eigenvalue weighted by Crippen LogP contribution is -2.47. The Labute approximate surface area is 170 Å². The molecule has 0 aliphatic carbocycles. The molecule has 0 spiro atoms. The minimum atomic E-state index is -0.361. The normalized spacial score (nSPS) is 19.7. The number of primary amides is 1. The summed E-state index contributed by atoms with van der Waals surface area (Å²) in [6.45, 7) is 5.75. The summed E-state index contributed by atoms with van der Waals surface area (Å²) in [5.74, 6) is 1.41. The number of amides is 2. The Hall–Kier alpha value is -3.06. The van der Waals surface area contributed by atoms with Crippen molar-refractivity contribution >= 4 is 28.4 Å². The van der Waals surface area contributed by atoms with Gasteiger partial charge in [0.15, 0.2) is 0 Å². The number of rotatable bonds is 4. The van der Waals surface area contributed by atoms with Crippen molar-refractivity contribution in [1.82, 2.24) is 14.9 Å². The quantitative estimate of drug-likeness (QED) is 0.718. The van der Waals surface area contributed by atoms with E-state index in [1.165, 1.54) is 10.9 Å². The number of nitrogens with zero attached hydrogens (tertiary/aromatic N) is 4. The van der Waals surface area contributed by atoms with Gasteiger partial charge in [-0.3, -0.25) is 9.80 Å². The van der Waals surface area contributed by atoms with Gasteiger partial charge in [-0.25, -0.2) is 9.78 Å². The topological polar surface area (TPSA) is 81.5 Å². The van der Waals surface area contributed by atoms with Gasteiger partial charge in [-0.1, -0.05) is 18.2 Å². The Balaban J connectivity index is 1.18. The lowest BCUT2D eigenvalue weighted by atomic mass is 9.97. The number of piperazine rings is 1. The van der Waals surface area contributed by atoms with Crippen LogP contribution in [0.2, 0.25) is 0 Å². The molecule has 0 radical (unpaired) electrons. The molecule has 1 aromatic carbocycles. The predicted octanol–water partition coefficient (Wildman–Crippen LogP) is 2.76. The molecule has 7 nitrogen and oxygen atoms in total. The van der Waals surface area contributed by atoms with Gasteiger partial charge in [0.25, 0.3) is 0 Å². The fraction of sp³-hybridized carbons (Fsp3) is 0.364. The van der Waals surface area contributed by atoms with Gasteiger partial charge in [-0.05, 0) is 36.7 Å². The van der Waals surface area contributed by atoms with E-state index in [9.17, 15) is 4.79 Å². The van der Waals surface area contributed by atoms with Crippen LogP contribution in [0, 0.1) is 0 Å². The van der Waals surface area contributed by atoms with Crippen LogP contribution in [0.3, 0.4) is 0 Å². The maximum Gasteiger partial charge on any atom is 0.319 e. The number of H-pyrrole nitrogens is 1. The number of anilines is 2. The number of benzene rings is 1. The molecule has 0 saturated carbocycles. The SMILES string of the molecule is NC(=O)N1CC(CCN2CCN(c3cc4cc[nH]c4cn3)CC2)c2ccccc21. The highest BCUT2D eigenvalue weighted by atomic mass is 16.2. The Kier molecular flexibility index (Phi) is 4.60. The molecule has 7 heteroatoms. The summed E-state index contributed by atoms with van der Waals surface area (Å²) < 4.78 is 0. The second kappa shape index (κ2) is 7.40. The lowest BCUT2D eigenvalue weighted by Gasteiger charge is -2.35. The number of urea groups is 1. The fourth-order valence-electron chi connectivity index (χ4n) is 4.60. The molecule has 2 amide bonds. The largest absolute Gasteiger partial charge is 0.360 e. The number of nitrogens with one attached hydrogen (secondary N) is 1. The average molecular weight is 390 g/mol. The first-order valence-electron chi connectivity index (χ1n) is 10.3. The van der Waals surface area contributed by atoms with E-state index in [4.69, 9.17) is 5.73 Å². The van der Waals surface area contributed by atoms with Crippen molar-refractivity contribution in [3.63, 3.8) is 0 Å². The smallest absolute Gasteiger partial charge is 0.319 e. The summed E-state index contributed by atoms with van der Waals surface area (Å²) >= 11 is 0. The zero-order chi connectivity index (χ0) is 19.8. The Bertz CT molecular complexity index is 1020. The van der Waals surface area contributed by atoms with Crippen molar-refractivity contribution in [2.75, 3.05) is 49.1 Å². The molecule has 2 aliphatic rings. The third-order valence-electron chi connectivity index (χ3n) is 6.25. The molecule has 3 N–H and O–H groups in total. The van der Waals surface area contributed by atoms with Crippen LogP contribution in [0.5, 0.6) is 0 Å². The molecule has 1 fully saturated rings. The van der Waals surface area contributed by atoms with Crippen LogP contribution in [0.25, 0.3) is 10.9 Å². The van der Waals surface area contributed by atoms with E-state index in [0.29, 0.717) is 12.5 Å². The monoisotopic (exact) mass is 390 g/mol. The van der Waals surface area contributed by atoms with Crippen molar-refractivity contribution in [2.24, 2.45) is 5.73 Å². The summed E-state index contributed by atoms with van der Waals surface area (Å²) in [6.07, 6.45) is 4.90. The van der Waals surface area contributed by atoms with Gasteiger partial charge in [0.2, 0.25) is 0 Å². The summed E-state index contributed by atoms with van der Waals surface area (Å²) in [5, 5.41) is 1.20. The van der Waals surface area contributed by atoms with Gasteiger partial charge in [0, 0.05) is 55.9 Å². The predicted molar refractivity (Wildman–Crippen MR) is 115 cm³/mol. The first kappa shape index (κ1) is 18.0. The molecule has 5 rings (SSSR count). The van der Waals surface area contributed by atoms with Crippen LogP contribution in [0.4, 0.5) is 16.3 Å². The van der Waals surface area contributed by atoms with Crippen LogP contribution in [-0.2, 0) is 0 Å². The summed E-state index contributed by atoms with van der Waals surface area (Å²) in [7, 11) is 0. The number of hydrogen-bond acceptors (Lipinski definition) is 4. The molecular weight excluding hydrogens is 364 g/mol. The number of para-hydroxylation sites is 1. The molecule has 4 heterocycles. The summed E-state index contributed by atoms with van der Waals surface area (Å²) in [6, 6.07) is 12.0. The van der Waals surface area contributed by atoms with Crippen LogP contribution in [0.1, 0.15) is 17.9 Å². The molecule has 1 atom stereocenters. The highest BCUT2D eigenvalue weighted by Gasteiger charge is 2.31. The van der Waals surface area contributed by atoms with Crippen LogP contribution >= 0.6 is 0 Å². The highest BCUT2D eigenvalue weighted by molar-refractivity contribution is 5.93. The Morgan fingerprint density at radius 3 is 2.83 bits per heavy atom. The minimum Gasteiger partial charge on any atom is -0.360 e. The molecule has 150 valence electrons. The second-order valence-corrected chi connectivity index (χ2v) is 7.93. The standard InChI is InChI=1S/C22H26N6O/c23-22(29)28-15-17(18-3-1-2-4-20(18)28)6-8-26-9-11-27(12-10-26)21-13-16-5-7-24-19(16)14-25-21/h1-5,7,13-14,17,24H,6,8-12,15H2,(H2,23,29). The van der Waals surface area contributed by atoms with Crippen molar-refractivity contribution in [1.29, 1.82) is 0 Å². The highest BCUT2D eigenvalue weighted by Crippen LogP contribution is 2.37. The average Bonchev–Trinajstić information content (AvgIpc) is 3.37. The number of nitrogens with two attached hydrogens (primary N) is 1. The maximum absolute atomic E-state index is 11.8. The number of aromatic nitrogens is 2.